The number of nitrogens with one attached hydrogen (secondary N) is 2. The Morgan fingerprint density at radius 3 is 2.10 bits per heavy atom. The van der Waals surface area contributed by atoms with Crippen molar-refractivity contribution in [3.8, 4) is 0 Å². The van der Waals surface area contributed by atoms with Crippen LogP contribution < -0.4 is 27.8 Å². The summed E-state index contributed by atoms with van der Waals surface area (Å²) >= 11 is 0. The number of carbonyl (C=O) groups is 6. The van der Waals surface area contributed by atoms with Crippen LogP contribution in [-0.4, -0.2) is 87.9 Å². The average molecular weight is 430 g/mol. The molecule has 1 saturated heterocycles. The van der Waals surface area contributed by atoms with E-state index in [0.717, 1.165) is 4.90 Å². The number of likely N-dealkylation sites (tertiary alicyclic amines) is 1. The lowest BCUT2D eigenvalue weighted by molar-refractivity contribution is -0.144. The molecule has 0 aliphatic carbocycles. The Morgan fingerprint density at radius 2 is 1.60 bits per heavy atom. The lowest BCUT2D eigenvalue weighted by atomic mass is 10.1. The first-order valence-electron chi connectivity index (χ1n) is 9.05. The molecule has 0 radical (unpaired) electrons. The van der Waals surface area contributed by atoms with Crippen molar-refractivity contribution in [3.63, 3.8) is 0 Å². The van der Waals surface area contributed by atoms with E-state index >= 15 is 0 Å². The third kappa shape index (κ3) is 6.97. The Morgan fingerprint density at radius 1 is 1.00 bits per heavy atom. The van der Waals surface area contributed by atoms with Crippen LogP contribution in [-0.2, 0) is 28.8 Å². The Labute approximate surface area is 171 Å². The number of hydrogen-bond acceptors (Lipinski definition) is 8. The van der Waals surface area contributed by atoms with Gasteiger partial charge >= 0.3 is 5.97 Å². The summed E-state index contributed by atoms with van der Waals surface area (Å²) in [5.41, 5.74) is 15.6. The van der Waals surface area contributed by atoms with Crippen LogP contribution >= 0.6 is 0 Å². The highest BCUT2D eigenvalue weighted by Crippen LogP contribution is 2.19. The molecule has 14 heteroatoms. The monoisotopic (exact) mass is 430 g/mol. The number of aliphatic carboxylic acids is 1. The predicted octanol–water partition coefficient (Wildman–Crippen LogP) is -4.90. The predicted molar refractivity (Wildman–Crippen MR) is 98.9 cm³/mol. The SMILES string of the molecule is NC(=O)CC(N)C(=O)N1CCCC1C(=O)NC(CO)C(=O)NC(CC(N)=O)C(=O)O. The van der Waals surface area contributed by atoms with Gasteiger partial charge in [0.15, 0.2) is 0 Å². The number of rotatable bonds is 11. The van der Waals surface area contributed by atoms with Gasteiger partial charge in [-0.15, -0.1) is 0 Å². The van der Waals surface area contributed by atoms with Gasteiger partial charge in [-0.05, 0) is 12.8 Å². The van der Waals surface area contributed by atoms with Gasteiger partial charge in [-0.1, -0.05) is 0 Å². The molecule has 0 aromatic rings. The van der Waals surface area contributed by atoms with Gasteiger partial charge in [-0.2, -0.15) is 0 Å². The molecule has 0 saturated carbocycles. The first-order chi connectivity index (χ1) is 14.0. The molecule has 1 heterocycles. The summed E-state index contributed by atoms with van der Waals surface area (Å²) in [6.07, 6.45) is -0.375. The lowest BCUT2D eigenvalue weighted by Crippen LogP contribution is -2.58. The molecule has 0 bridgehead atoms. The Hall–Kier alpha value is -3.26. The molecule has 0 spiro atoms. The van der Waals surface area contributed by atoms with Gasteiger partial charge in [-0.3, -0.25) is 24.0 Å². The molecule has 0 aromatic carbocycles. The van der Waals surface area contributed by atoms with E-state index in [1.807, 2.05) is 5.32 Å². The second kappa shape index (κ2) is 11.1. The van der Waals surface area contributed by atoms with Crippen LogP contribution in [0, 0.1) is 0 Å². The summed E-state index contributed by atoms with van der Waals surface area (Å²) in [5.74, 6) is -5.77. The fraction of sp³-hybridized carbons (Fsp3) is 0.625. The zero-order chi connectivity index (χ0) is 23.0. The zero-order valence-electron chi connectivity index (χ0n) is 16.1. The van der Waals surface area contributed by atoms with Crippen LogP contribution in [0.15, 0.2) is 0 Å². The average Bonchev–Trinajstić information content (AvgIpc) is 3.13. The molecule has 1 rings (SSSR count). The molecule has 4 unspecified atom stereocenters. The number of primary amides is 2. The quantitative estimate of drug-likeness (QED) is 0.166. The van der Waals surface area contributed by atoms with Crippen LogP contribution in [0.4, 0.5) is 0 Å². The third-order valence-electron chi connectivity index (χ3n) is 4.41. The maximum atomic E-state index is 12.6. The second-order valence-electron chi connectivity index (χ2n) is 6.78. The molecule has 168 valence electrons. The number of aliphatic hydroxyl groups excluding tert-OH is 1. The van der Waals surface area contributed by atoms with Crippen molar-refractivity contribution < 1.29 is 39.0 Å². The fourth-order valence-electron chi connectivity index (χ4n) is 2.96. The number of aliphatic hydroxyl groups is 1. The number of nitrogens with two attached hydrogens (primary N) is 3. The smallest absolute Gasteiger partial charge is 0.326 e. The van der Waals surface area contributed by atoms with Gasteiger partial charge in [0.2, 0.25) is 29.5 Å². The van der Waals surface area contributed by atoms with Crippen molar-refractivity contribution in [2.75, 3.05) is 13.2 Å². The van der Waals surface area contributed by atoms with E-state index in [-0.39, 0.29) is 13.0 Å². The Kier molecular flexibility index (Phi) is 9.14. The maximum Gasteiger partial charge on any atom is 0.326 e. The normalized spacial score (nSPS) is 18.7. The van der Waals surface area contributed by atoms with Gasteiger partial charge in [0.05, 0.1) is 25.5 Å². The summed E-state index contributed by atoms with van der Waals surface area (Å²) < 4.78 is 0. The molecule has 0 aromatic heterocycles. The zero-order valence-corrected chi connectivity index (χ0v) is 16.1. The van der Waals surface area contributed by atoms with Gasteiger partial charge in [-0.25, -0.2) is 4.79 Å². The Bertz CT molecular complexity index is 714. The molecule has 1 aliphatic heterocycles. The molecular formula is C16H26N6O8. The number of amides is 5. The molecule has 1 aliphatic rings. The highest BCUT2D eigenvalue weighted by atomic mass is 16.4. The van der Waals surface area contributed by atoms with Crippen LogP contribution in [0.1, 0.15) is 25.7 Å². The van der Waals surface area contributed by atoms with Gasteiger partial charge < -0.3 is 42.9 Å². The van der Waals surface area contributed by atoms with Crippen molar-refractivity contribution in [1.82, 2.24) is 15.5 Å². The summed E-state index contributed by atoms with van der Waals surface area (Å²) in [6, 6.07) is -5.40. The molecule has 10 N–H and O–H groups in total. The topological polar surface area (TPSA) is 248 Å². The summed E-state index contributed by atoms with van der Waals surface area (Å²) in [5, 5.41) is 22.7. The largest absolute Gasteiger partial charge is 0.480 e. The number of nitrogens with zero attached hydrogens (tertiary/aromatic N) is 1. The van der Waals surface area contributed by atoms with Crippen molar-refractivity contribution >= 4 is 35.5 Å². The van der Waals surface area contributed by atoms with Crippen LogP contribution in [0.3, 0.4) is 0 Å². The van der Waals surface area contributed by atoms with E-state index in [0.29, 0.717) is 6.42 Å². The van der Waals surface area contributed by atoms with Crippen molar-refractivity contribution in [3.05, 3.63) is 0 Å². The molecular weight excluding hydrogens is 404 g/mol. The minimum atomic E-state index is -1.64. The van der Waals surface area contributed by atoms with Crippen LogP contribution in [0.2, 0.25) is 0 Å². The second-order valence-corrected chi connectivity index (χ2v) is 6.78. The third-order valence-corrected chi connectivity index (χ3v) is 4.41. The van der Waals surface area contributed by atoms with Gasteiger partial charge in [0.25, 0.3) is 0 Å². The highest BCUT2D eigenvalue weighted by Gasteiger charge is 2.38. The van der Waals surface area contributed by atoms with E-state index in [9.17, 15) is 33.9 Å². The number of carboxylic acids is 1. The highest BCUT2D eigenvalue weighted by molar-refractivity contribution is 5.95. The number of carbonyl (C=O) groups excluding carboxylic acids is 5. The first kappa shape index (κ1) is 24.8. The fourth-order valence-corrected chi connectivity index (χ4v) is 2.96. The number of carboxylic acid groups (broad SMARTS) is 1. The number of hydrogen-bond donors (Lipinski definition) is 7. The van der Waals surface area contributed by atoms with Gasteiger partial charge in [0.1, 0.15) is 18.1 Å². The van der Waals surface area contributed by atoms with Gasteiger partial charge in [0, 0.05) is 6.54 Å². The van der Waals surface area contributed by atoms with Crippen molar-refractivity contribution in [1.29, 1.82) is 0 Å². The van der Waals surface area contributed by atoms with E-state index in [4.69, 9.17) is 22.3 Å². The van der Waals surface area contributed by atoms with Crippen LogP contribution in [0.25, 0.3) is 0 Å². The first-order valence-corrected chi connectivity index (χ1v) is 9.05. The Balaban J connectivity index is 2.80. The molecule has 1 fully saturated rings. The van der Waals surface area contributed by atoms with Crippen molar-refractivity contribution in [2.24, 2.45) is 17.2 Å². The van der Waals surface area contributed by atoms with E-state index in [2.05, 4.69) is 5.32 Å². The molecule has 14 nitrogen and oxygen atoms in total. The summed E-state index contributed by atoms with van der Waals surface area (Å²) in [4.78, 5) is 71.3. The van der Waals surface area contributed by atoms with Crippen molar-refractivity contribution in [2.45, 2.75) is 49.9 Å². The minimum Gasteiger partial charge on any atom is -0.480 e. The minimum absolute atomic E-state index is 0.194. The van der Waals surface area contributed by atoms with E-state index in [1.54, 1.807) is 0 Å². The molecule has 30 heavy (non-hydrogen) atoms. The standard InChI is InChI=1S/C16H26N6O8/c17-7(4-11(18)24)15(28)22-3-1-2-10(22)14(27)21-9(6-23)13(26)20-8(16(29)30)5-12(19)25/h7-10,23H,1-6,17H2,(H2,18,24)(H2,19,25)(H,20,26)(H,21,27)(H,29,30). The summed E-state index contributed by atoms with van der Waals surface area (Å²) in [7, 11) is 0. The summed E-state index contributed by atoms with van der Waals surface area (Å²) in [6.45, 7) is -0.679. The molecule has 4 atom stereocenters. The maximum absolute atomic E-state index is 12.6. The lowest BCUT2D eigenvalue weighted by Gasteiger charge is -2.28. The van der Waals surface area contributed by atoms with E-state index < -0.39 is 79.1 Å². The van der Waals surface area contributed by atoms with E-state index in [1.165, 1.54) is 0 Å². The van der Waals surface area contributed by atoms with Crippen LogP contribution in [0.5, 0.6) is 0 Å². The molecule has 5 amide bonds.